The first-order valence-electron chi connectivity index (χ1n) is 2.28. The second-order valence-corrected chi connectivity index (χ2v) is 1.66. The molecule has 0 aliphatic heterocycles. The molecule has 0 nitrogen and oxygen atoms in total. The Bertz CT molecular complexity index is 142. The summed E-state index contributed by atoms with van der Waals surface area (Å²) in [5.74, 6) is 0. The van der Waals surface area contributed by atoms with Crippen molar-refractivity contribution in [3.05, 3.63) is 41.7 Å². The summed E-state index contributed by atoms with van der Waals surface area (Å²) in [5, 5.41) is 0.738. The Morgan fingerprint density at radius 3 is 2.20 bits per heavy atom. The van der Waals surface area contributed by atoms with E-state index >= 15 is 0 Å². The van der Waals surface area contributed by atoms with Crippen LogP contribution in [0.4, 0.5) is 0 Å². The molecule has 0 fully saturated rings. The van der Waals surface area contributed by atoms with E-state index in [2.05, 4.69) is 24.1 Å². The smallest absolute Gasteiger partial charge is 0.352 e. The first kappa shape index (κ1) is 13.1. The molecule has 58 valence electrons. The second kappa shape index (κ2) is 9.46. The largest absolute Gasteiger partial charge is 2.00 e. The molecule has 0 aromatic heterocycles. The summed E-state index contributed by atoms with van der Waals surface area (Å²) in [6.45, 7) is 0. The Morgan fingerprint density at radius 1 is 1.40 bits per heavy atom. The maximum atomic E-state index is 5.51. The van der Waals surface area contributed by atoms with Crippen LogP contribution in [-0.4, -0.2) is 0 Å². The van der Waals surface area contributed by atoms with Gasteiger partial charge in [0.1, 0.15) is 0 Å². The molecule has 0 radical (unpaired) electrons. The summed E-state index contributed by atoms with van der Waals surface area (Å²) >= 11 is 9.90. The Morgan fingerprint density at radius 2 is 2.00 bits per heavy atom. The summed E-state index contributed by atoms with van der Waals surface area (Å²) in [6, 6.07) is 10.0. The van der Waals surface area contributed by atoms with Crippen molar-refractivity contribution in [3.8, 4) is 0 Å². The van der Waals surface area contributed by atoms with Gasteiger partial charge in [0.15, 0.2) is 0 Å². The van der Waals surface area contributed by atoms with Gasteiger partial charge in [0.25, 0.3) is 0 Å². The zero-order valence-electron chi connectivity index (χ0n) is 5.09. The Balaban J connectivity index is 0. The van der Waals surface area contributed by atoms with Crippen LogP contribution in [0.3, 0.4) is 0 Å². The molecule has 3 heteroatoms. The van der Waals surface area contributed by atoms with Crippen LogP contribution in [0.1, 0.15) is 0 Å². The number of hydrogen-bond donors (Lipinski definition) is 0. The number of halogens is 2. The predicted molar refractivity (Wildman–Crippen MR) is 41.5 cm³/mol. The van der Waals surface area contributed by atoms with Crippen molar-refractivity contribution >= 4 is 23.2 Å². The van der Waals surface area contributed by atoms with E-state index in [0.29, 0.717) is 0 Å². The van der Waals surface area contributed by atoms with Crippen LogP contribution in [0.15, 0.2) is 24.3 Å². The predicted octanol–water partition coefficient (Wildman–Crippen LogP) is 3.15. The fourth-order valence-corrected chi connectivity index (χ4v) is 0.507. The maximum absolute atomic E-state index is 5.51. The fourth-order valence-electron chi connectivity index (χ4n) is 0.371. The summed E-state index contributed by atoms with van der Waals surface area (Å²) < 4.78 is 0. The first-order valence-corrected chi connectivity index (χ1v) is 3.19. The molecule has 0 bridgehead atoms. The summed E-state index contributed by atoms with van der Waals surface area (Å²) in [6.07, 6.45) is 2.72. The van der Waals surface area contributed by atoms with Gasteiger partial charge >= 0.3 is 20.4 Å². The van der Waals surface area contributed by atoms with Crippen molar-refractivity contribution in [2.45, 2.75) is 0 Å². The van der Waals surface area contributed by atoms with Gasteiger partial charge in [-0.1, -0.05) is 5.02 Å². The normalized spacial score (nSPS) is 6.70. The van der Waals surface area contributed by atoms with Gasteiger partial charge < -0.3 is 11.6 Å². The van der Waals surface area contributed by atoms with Crippen molar-refractivity contribution in [1.82, 2.24) is 0 Å². The molecule has 0 saturated carbocycles. The van der Waals surface area contributed by atoms with E-state index in [9.17, 15) is 0 Å². The molecule has 0 spiro atoms. The molecule has 1 rings (SSSR count). The van der Waals surface area contributed by atoms with Crippen molar-refractivity contribution in [2.75, 3.05) is 0 Å². The Labute approximate surface area is 85.2 Å². The van der Waals surface area contributed by atoms with Crippen molar-refractivity contribution in [1.29, 1.82) is 0 Å². The van der Waals surface area contributed by atoms with Crippen molar-refractivity contribution < 1.29 is 20.4 Å². The minimum Gasteiger partial charge on any atom is -0.352 e. The molecule has 0 aliphatic carbocycles. The summed E-state index contributed by atoms with van der Waals surface area (Å²) in [5.41, 5.74) is 0. The van der Waals surface area contributed by atoms with E-state index in [1.165, 1.54) is 0 Å². The van der Waals surface area contributed by atoms with Crippen LogP contribution in [-0.2, 0) is 20.4 Å². The van der Waals surface area contributed by atoms with E-state index in [1.54, 1.807) is 6.07 Å². The third-order valence-electron chi connectivity index (χ3n) is 0.669. The molecule has 1 aromatic rings. The standard InChI is InChI=1S/C6H4Cl.CH2Cl.Pd/c7-6-4-2-1-3-5-6;1-2;/h1-2,4-5H;1H2;/q2*-1;+2. The van der Waals surface area contributed by atoms with Gasteiger partial charge in [0, 0.05) is 0 Å². The number of rotatable bonds is 0. The second-order valence-electron chi connectivity index (χ2n) is 1.22. The molecule has 0 N–H and O–H groups in total. The van der Waals surface area contributed by atoms with E-state index in [-0.39, 0.29) is 20.4 Å². The average Bonchev–Trinajstić information content (AvgIpc) is 1.94. The number of benzene rings is 1. The van der Waals surface area contributed by atoms with Gasteiger partial charge in [0.2, 0.25) is 0 Å². The zero-order valence-corrected chi connectivity index (χ0v) is 8.16. The van der Waals surface area contributed by atoms with Crippen molar-refractivity contribution in [3.63, 3.8) is 0 Å². The quantitative estimate of drug-likeness (QED) is 0.500. The number of hydrogen-bond acceptors (Lipinski definition) is 0. The zero-order chi connectivity index (χ0) is 7.11. The Hall–Kier alpha value is 0.462. The van der Waals surface area contributed by atoms with Gasteiger partial charge in [-0.15, -0.1) is 0 Å². The van der Waals surface area contributed by atoms with E-state index in [4.69, 9.17) is 11.6 Å². The summed E-state index contributed by atoms with van der Waals surface area (Å²) in [4.78, 5) is 0. The van der Waals surface area contributed by atoms with Crippen LogP contribution in [0.25, 0.3) is 0 Å². The summed E-state index contributed by atoms with van der Waals surface area (Å²) in [7, 11) is 0. The SMILES string of the molecule is Clc1c[c-]ccc1.[CH2-]Cl.[Pd+2]. The van der Waals surface area contributed by atoms with Gasteiger partial charge in [-0.2, -0.15) is 41.9 Å². The molecule has 0 aliphatic rings. The Kier molecular flexibility index (Phi) is 12.4. The van der Waals surface area contributed by atoms with Gasteiger partial charge in [-0.3, -0.25) is 6.38 Å². The minimum atomic E-state index is 0. The molecule has 0 amide bonds. The fraction of sp³-hybridized carbons (Fsp3) is 0. The molecular weight excluding hydrogens is 261 g/mol. The molecule has 1 aromatic carbocycles. The molecular formula is C7H6Cl2Pd. The van der Waals surface area contributed by atoms with Crippen LogP contribution in [0, 0.1) is 12.4 Å². The molecule has 10 heavy (non-hydrogen) atoms. The molecule has 0 heterocycles. The van der Waals surface area contributed by atoms with E-state index in [1.807, 2.05) is 18.2 Å². The van der Waals surface area contributed by atoms with Crippen molar-refractivity contribution in [2.24, 2.45) is 0 Å². The van der Waals surface area contributed by atoms with E-state index in [0.717, 1.165) is 5.02 Å². The topological polar surface area (TPSA) is 0 Å². The first-order chi connectivity index (χ1) is 4.39. The van der Waals surface area contributed by atoms with Crippen LogP contribution in [0.2, 0.25) is 5.02 Å². The minimum absolute atomic E-state index is 0. The molecule has 0 atom stereocenters. The van der Waals surface area contributed by atoms with Gasteiger partial charge in [0.05, 0.1) is 0 Å². The maximum Gasteiger partial charge on any atom is 2.00 e. The van der Waals surface area contributed by atoms with Crippen LogP contribution in [0.5, 0.6) is 0 Å². The van der Waals surface area contributed by atoms with Gasteiger partial charge in [-0.25, -0.2) is 0 Å². The third-order valence-corrected chi connectivity index (χ3v) is 0.904. The molecule has 0 saturated heterocycles. The third kappa shape index (κ3) is 6.58. The van der Waals surface area contributed by atoms with Gasteiger partial charge in [-0.05, 0) is 0 Å². The van der Waals surface area contributed by atoms with Crippen LogP contribution < -0.4 is 0 Å². The molecule has 0 unspecified atom stereocenters. The van der Waals surface area contributed by atoms with E-state index < -0.39 is 0 Å². The van der Waals surface area contributed by atoms with Crippen LogP contribution >= 0.6 is 23.2 Å². The average molecular weight is 267 g/mol. The monoisotopic (exact) mass is 266 g/mol.